The first-order valence-corrected chi connectivity index (χ1v) is 17.8. The van der Waals surface area contributed by atoms with Crippen molar-refractivity contribution in [3.05, 3.63) is 128 Å². The van der Waals surface area contributed by atoms with Crippen molar-refractivity contribution in [2.75, 3.05) is 0 Å². The lowest BCUT2D eigenvalue weighted by molar-refractivity contribution is 1.37. The van der Waals surface area contributed by atoms with Crippen LogP contribution in [0.3, 0.4) is 0 Å². The number of fused-ring (bicyclic) bond motifs is 9. The molecule has 4 heteroatoms. The summed E-state index contributed by atoms with van der Waals surface area (Å²) >= 11 is 0. The molecule has 1 aliphatic heterocycles. The van der Waals surface area contributed by atoms with Crippen LogP contribution in [0.15, 0.2) is 128 Å². The van der Waals surface area contributed by atoms with E-state index >= 15 is 0 Å². The van der Waals surface area contributed by atoms with Gasteiger partial charge >= 0.3 is 0 Å². The second-order valence-corrected chi connectivity index (χ2v) is 16.4. The molecule has 0 saturated heterocycles. The van der Waals surface area contributed by atoms with Crippen molar-refractivity contribution in [2.24, 2.45) is 0 Å². The van der Waals surface area contributed by atoms with Crippen LogP contribution in [0.4, 0.5) is 0 Å². The monoisotopic (exact) mass is 565 g/mol. The maximum absolute atomic E-state index is 5.26. The van der Waals surface area contributed by atoms with Gasteiger partial charge in [-0.15, -0.1) is 0 Å². The minimum atomic E-state index is -1.72. The van der Waals surface area contributed by atoms with Crippen molar-refractivity contribution in [1.29, 1.82) is 0 Å². The molecule has 9 rings (SSSR count). The number of hydrogen-bond acceptors (Lipinski definition) is 3. The summed E-state index contributed by atoms with van der Waals surface area (Å²) in [5.41, 5.74) is 9.84. The van der Waals surface area contributed by atoms with Gasteiger partial charge in [0.2, 0.25) is 0 Å². The van der Waals surface area contributed by atoms with Crippen LogP contribution in [0.2, 0.25) is 13.1 Å². The quantitative estimate of drug-likeness (QED) is 0.156. The molecule has 3 nitrogen and oxygen atoms in total. The molecule has 0 radical (unpaired) electrons. The maximum Gasteiger partial charge on any atom is 0.113 e. The fourth-order valence-corrected chi connectivity index (χ4v) is 10.3. The summed E-state index contributed by atoms with van der Waals surface area (Å²) in [6.45, 7) is 4.92. The Morgan fingerprint density at radius 1 is 0.465 bits per heavy atom. The summed E-state index contributed by atoms with van der Waals surface area (Å²) in [4.78, 5) is 15.1. The lowest BCUT2D eigenvalue weighted by atomic mass is 9.94. The van der Waals surface area contributed by atoms with Gasteiger partial charge in [0.05, 0.1) is 27.9 Å². The van der Waals surface area contributed by atoms with Gasteiger partial charge in [-0.05, 0) is 56.5 Å². The lowest BCUT2D eigenvalue weighted by Crippen LogP contribution is -2.49. The van der Waals surface area contributed by atoms with Crippen LogP contribution in [-0.2, 0) is 0 Å². The van der Waals surface area contributed by atoms with Crippen molar-refractivity contribution in [1.82, 2.24) is 15.0 Å². The molecule has 0 unspecified atom stereocenters. The topological polar surface area (TPSA) is 38.7 Å². The minimum absolute atomic E-state index is 0.931. The first-order chi connectivity index (χ1) is 21.1. The highest BCUT2D eigenvalue weighted by Gasteiger charge is 2.38. The highest BCUT2D eigenvalue weighted by Crippen LogP contribution is 2.38. The molecule has 1 aliphatic rings. The normalized spacial score (nSPS) is 13.5. The van der Waals surface area contributed by atoms with E-state index in [1.165, 1.54) is 32.3 Å². The van der Waals surface area contributed by atoms with E-state index in [0.717, 1.165) is 55.2 Å². The first-order valence-electron chi connectivity index (χ1n) is 14.8. The Morgan fingerprint density at radius 3 is 1.95 bits per heavy atom. The Labute approximate surface area is 250 Å². The molecule has 0 N–H and O–H groups in total. The summed E-state index contributed by atoms with van der Waals surface area (Å²) in [7, 11) is -1.72. The van der Waals surface area contributed by atoms with E-state index in [2.05, 4.69) is 133 Å². The summed E-state index contributed by atoms with van der Waals surface area (Å²) in [5, 5.41) is 8.81. The van der Waals surface area contributed by atoms with Crippen LogP contribution in [-0.4, -0.2) is 23.0 Å². The predicted molar refractivity (Wildman–Crippen MR) is 183 cm³/mol. The summed E-state index contributed by atoms with van der Waals surface area (Å²) < 4.78 is 0. The van der Waals surface area contributed by atoms with Crippen molar-refractivity contribution < 1.29 is 0 Å². The Hall–Kier alpha value is -5.19. The highest BCUT2D eigenvalue weighted by molar-refractivity contribution is 7.04. The molecule has 0 spiro atoms. The summed E-state index contributed by atoms with van der Waals surface area (Å²) in [6.07, 6.45) is 1.84. The van der Waals surface area contributed by atoms with Gasteiger partial charge in [-0.2, -0.15) is 0 Å². The van der Waals surface area contributed by atoms with Gasteiger partial charge in [-0.25, -0.2) is 9.97 Å². The Balaban J connectivity index is 1.21. The molecule has 0 saturated carbocycles. The van der Waals surface area contributed by atoms with E-state index in [1.807, 2.05) is 12.3 Å². The van der Waals surface area contributed by atoms with Gasteiger partial charge in [0.25, 0.3) is 0 Å². The van der Waals surface area contributed by atoms with Crippen LogP contribution in [0.1, 0.15) is 0 Å². The van der Waals surface area contributed by atoms with Crippen molar-refractivity contribution in [2.45, 2.75) is 13.1 Å². The molecule has 0 atom stereocenters. The maximum atomic E-state index is 5.26. The minimum Gasteiger partial charge on any atom is -0.254 e. The molecule has 3 aromatic heterocycles. The van der Waals surface area contributed by atoms with Crippen LogP contribution < -0.4 is 10.4 Å². The van der Waals surface area contributed by atoms with E-state index in [1.54, 1.807) is 0 Å². The highest BCUT2D eigenvalue weighted by atomic mass is 28.3. The van der Waals surface area contributed by atoms with Gasteiger partial charge in [-0.1, -0.05) is 110 Å². The van der Waals surface area contributed by atoms with Gasteiger partial charge in [0.15, 0.2) is 0 Å². The molecule has 8 aromatic rings. The molecule has 202 valence electrons. The smallest absolute Gasteiger partial charge is 0.113 e. The number of benzene rings is 5. The van der Waals surface area contributed by atoms with Gasteiger partial charge in [0, 0.05) is 33.5 Å². The van der Waals surface area contributed by atoms with Gasteiger partial charge in [-0.3, -0.25) is 4.98 Å². The standard InChI is InChI=1S/C39H27N3Si/c1-43(2)35-12-6-5-11-31(35)37-30-18-20-32(41-34(30)21-22-36(37)43)28-16-17-29(27-10-4-3-9-26(27)28)33-19-15-25-14-13-24-8-7-23-40-38(24)39(25)42-33/h3-23H,1-2H3. The zero-order valence-corrected chi connectivity index (χ0v) is 25.0. The van der Waals surface area contributed by atoms with Crippen molar-refractivity contribution in [3.63, 3.8) is 0 Å². The largest absolute Gasteiger partial charge is 0.254 e. The Morgan fingerprint density at radius 2 is 1.14 bits per heavy atom. The van der Waals surface area contributed by atoms with E-state index in [4.69, 9.17) is 9.97 Å². The number of nitrogens with zero attached hydrogens (tertiary/aromatic N) is 3. The molecular weight excluding hydrogens is 539 g/mol. The number of aromatic nitrogens is 3. The molecule has 43 heavy (non-hydrogen) atoms. The predicted octanol–water partition coefficient (Wildman–Crippen LogP) is 8.62. The average Bonchev–Trinajstić information content (AvgIpc) is 3.30. The molecule has 4 heterocycles. The zero-order valence-electron chi connectivity index (χ0n) is 24.0. The zero-order chi connectivity index (χ0) is 28.7. The van der Waals surface area contributed by atoms with E-state index in [-0.39, 0.29) is 0 Å². The third-order valence-electron chi connectivity index (χ3n) is 9.32. The Bertz CT molecular complexity index is 2440. The first kappa shape index (κ1) is 24.4. The molecule has 0 fully saturated rings. The second kappa shape index (κ2) is 8.90. The molecule has 0 bridgehead atoms. The van der Waals surface area contributed by atoms with Gasteiger partial charge in [0.1, 0.15) is 8.07 Å². The molecular formula is C39H27N3Si. The van der Waals surface area contributed by atoms with Crippen molar-refractivity contribution >= 4 is 61.9 Å². The van der Waals surface area contributed by atoms with E-state index in [9.17, 15) is 0 Å². The van der Waals surface area contributed by atoms with Crippen molar-refractivity contribution in [3.8, 4) is 33.6 Å². The second-order valence-electron chi connectivity index (χ2n) is 12.0. The van der Waals surface area contributed by atoms with E-state index in [0.29, 0.717) is 0 Å². The Kier molecular flexibility index (Phi) is 5.05. The lowest BCUT2D eigenvalue weighted by Gasteiger charge is -2.18. The summed E-state index contributed by atoms with van der Waals surface area (Å²) in [5.74, 6) is 0. The van der Waals surface area contributed by atoms with Crippen LogP contribution in [0, 0.1) is 0 Å². The SMILES string of the molecule is C[Si]1(C)c2ccccc2-c2c1ccc1nc(-c3ccc(-c4ccc5ccc6cccnc6c5n4)c4ccccc34)ccc21. The fraction of sp³-hybridized carbons (Fsp3) is 0.0513. The fourth-order valence-electron chi connectivity index (χ4n) is 7.18. The number of hydrogen-bond donors (Lipinski definition) is 0. The third-order valence-corrected chi connectivity index (χ3v) is 12.9. The molecule has 0 aliphatic carbocycles. The van der Waals surface area contributed by atoms with Crippen LogP contribution in [0.25, 0.3) is 77.1 Å². The van der Waals surface area contributed by atoms with Crippen LogP contribution >= 0.6 is 0 Å². The van der Waals surface area contributed by atoms with Crippen LogP contribution in [0.5, 0.6) is 0 Å². The molecule has 0 amide bonds. The van der Waals surface area contributed by atoms with Gasteiger partial charge < -0.3 is 0 Å². The summed E-state index contributed by atoms with van der Waals surface area (Å²) in [6, 6.07) is 43.6. The average molecular weight is 566 g/mol. The third kappa shape index (κ3) is 3.50. The number of pyridine rings is 3. The number of rotatable bonds is 2. The van der Waals surface area contributed by atoms with E-state index < -0.39 is 8.07 Å². The molecule has 5 aromatic carbocycles.